The maximum atomic E-state index is 3.53. The van der Waals surface area contributed by atoms with Crippen LogP contribution in [0.3, 0.4) is 0 Å². The maximum Gasteiger partial charge on any atom is 0.0159 e. The Kier molecular flexibility index (Phi) is 6.51. The van der Waals surface area contributed by atoms with E-state index in [2.05, 4.69) is 27.1 Å². The highest BCUT2D eigenvalue weighted by atomic mass is 79.9. The van der Waals surface area contributed by atoms with Crippen LogP contribution in [0.15, 0.2) is 0 Å². The summed E-state index contributed by atoms with van der Waals surface area (Å²) in [4.78, 5) is 2.66. The minimum atomic E-state index is 0.916. The van der Waals surface area contributed by atoms with Gasteiger partial charge in [0.25, 0.3) is 0 Å². The van der Waals surface area contributed by atoms with Crippen molar-refractivity contribution in [3.8, 4) is 0 Å². The first kappa shape index (κ1) is 11.9. The van der Waals surface area contributed by atoms with E-state index in [0.29, 0.717) is 0 Å². The number of halogens is 1. The summed E-state index contributed by atoms with van der Waals surface area (Å²) in [5.41, 5.74) is 0. The average Bonchev–Trinajstić information content (AvgIpc) is 2.02. The van der Waals surface area contributed by atoms with Crippen LogP contribution in [0.1, 0.15) is 25.7 Å². The van der Waals surface area contributed by atoms with Crippen LogP contribution < -0.4 is 0 Å². The van der Waals surface area contributed by atoms with E-state index in [4.69, 9.17) is 0 Å². The molecule has 0 aromatic heterocycles. The van der Waals surface area contributed by atoms with Gasteiger partial charge < -0.3 is 0 Å². The number of hydrogen-bond acceptors (Lipinski definition) is 2. The van der Waals surface area contributed by atoms with Gasteiger partial charge in [-0.1, -0.05) is 22.4 Å². The molecule has 0 radical (unpaired) electrons. The average molecular weight is 266 g/mol. The number of thioether (sulfide) groups is 1. The number of hydrogen-bond donors (Lipinski definition) is 0. The van der Waals surface area contributed by atoms with Crippen LogP contribution in [-0.4, -0.2) is 41.4 Å². The van der Waals surface area contributed by atoms with E-state index >= 15 is 0 Å². The zero-order valence-corrected chi connectivity index (χ0v) is 10.9. The van der Waals surface area contributed by atoms with Gasteiger partial charge in [0.15, 0.2) is 0 Å². The summed E-state index contributed by atoms with van der Waals surface area (Å²) < 4.78 is 0. The first-order chi connectivity index (χ1) is 6.38. The molecule has 1 saturated carbocycles. The van der Waals surface area contributed by atoms with Gasteiger partial charge in [0.2, 0.25) is 0 Å². The fourth-order valence-corrected chi connectivity index (χ4v) is 2.62. The molecule has 0 aromatic carbocycles. The van der Waals surface area contributed by atoms with Crippen molar-refractivity contribution >= 4 is 27.7 Å². The Morgan fingerprint density at radius 2 is 2.15 bits per heavy atom. The summed E-state index contributed by atoms with van der Waals surface area (Å²) in [5.74, 6) is 1.31. The Hall–Kier alpha value is 0.790. The van der Waals surface area contributed by atoms with Crippen molar-refractivity contribution in [3.63, 3.8) is 0 Å². The molecule has 1 aliphatic rings. The molecule has 1 fully saturated rings. The second kappa shape index (κ2) is 7.13. The first-order valence-electron chi connectivity index (χ1n) is 5.17. The Morgan fingerprint density at radius 3 is 2.62 bits per heavy atom. The van der Waals surface area contributed by atoms with Gasteiger partial charge in [-0.3, -0.25) is 4.90 Å². The van der Waals surface area contributed by atoms with Crippen molar-refractivity contribution in [1.82, 2.24) is 4.90 Å². The van der Waals surface area contributed by atoms with E-state index in [1.54, 1.807) is 0 Å². The molecule has 0 unspecified atom stereocenters. The summed E-state index contributed by atoms with van der Waals surface area (Å²) in [6, 6.07) is 0.916. The fourth-order valence-electron chi connectivity index (χ4n) is 1.75. The van der Waals surface area contributed by atoms with E-state index in [1.807, 2.05) is 11.8 Å². The van der Waals surface area contributed by atoms with Crippen molar-refractivity contribution in [2.45, 2.75) is 31.7 Å². The second-order valence-electron chi connectivity index (χ2n) is 3.66. The molecule has 0 N–H and O–H groups in total. The maximum absolute atomic E-state index is 3.53. The van der Waals surface area contributed by atoms with E-state index in [1.165, 1.54) is 44.5 Å². The minimum absolute atomic E-state index is 0.916. The summed E-state index contributed by atoms with van der Waals surface area (Å²) in [6.45, 7) is 2.54. The molecule has 3 heteroatoms. The molecular formula is C10H20BrNS. The van der Waals surface area contributed by atoms with Crippen molar-refractivity contribution in [2.75, 3.05) is 30.4 Å². The first-order valence-corrected chi connectivity index (χ1v) is 7.69. The van der Waals surface area contributed by atoms with Gasteiger partial charge >= 0.3 is 0 Å². The Bertz CT molecular complexity index is 128. The smallest absolute Gasteiger partial charge is 0.0159 e. The lowest BCUT2D eigenvalue weighted by Gasteiger charge is -2.37. The zero-order valence-electron chi connectivity index (χ0n) is 8.47. The van der Waals surface area contributed by atoms with Gasteiger partial charge in [-0.05, 0) is 37.8 Å². The monoisotopic (exact) mass is 265 g/mol. The molecule has 78 valence electrons. The largest absolute Gasteiger partial charge is 0.300 e. The van der Waals surface area contributed by atoms with Crippen molar-refractivity contribution in [3.05, 3.63) is 0 Å². The third kappa shape index (κ3) is 4.22. The van der Waals surface area contributed by atoms with Crippen molar-refractivity contribution < 1.29 is 0 Å². The highest BCUT2D eigenvalue weighted by Crippen LogP contribution is 2.24. The summed E-state index contributed by atoms with van der Waals surface area (Å²) >= 11 is 5.49. The molecule has 1 nitrogen and oxygen atoms in total. The Morgan fingerprint density at radius 1 is 1.38 bits per heavy atom. The van der Waals surface area contributed by atoms with Crippen LogP contribution in [0.2, 0.25) is 0 Å². The molecule has 13 heavy (non-hydrogen) atoms. The molecule has 0 heterocycles. The molecular weight excluding hydrogens is 246 g/mol. The lowest BCUT2D eigenvalue weighted by molar-refractivity contribution is 0.136. The SMILES string of the molecule is CSCCCN(CCBr)C1CCC1. The van der Waals surface area contributed by atoms with Gasteiger partial charge in [0.1, 0.15) is 0 Å². The van der Waals surface area contributed by atoms with Gasteiger partial charge in [0.05, 0.1) is 0 Å². The normalized spacial score (nSPS) is 17.8. The molecule has 0 spiro atoms. The zero-order chi connectivity index (χ0) is 9.52. The van der Waals surface area contributed by atoms with Crippen LogP contribution in [-0.2, 0) is 0 Å². The molecule has 0 saturated heterocycles. The summed E-state index contributed by atoms with van der Waals surface area (Å²) in [5, 5.41) is 1.13. The molecule has 1 rings (SSSR count). The highest BCUT2D eigenvalue weighted by molar-refractivity contribution is 9.09. The summed E-state index contributed by atoms with van der Waals surface area (Å²) in [7, 11) is 0. The van der Waals surface area contributed by atoms with E-state index in [-0.39, 0.29) is 0 Å². The lowest BCUT2D eigenvalue weighted by Crippen LogP contribution is -2.41. The predicted octanol–water partition coefficient (Wildman–Crippen LogP) is 2.99. The molecule has 0 amide bonds. The predicted molar refractivity (Wildman–Crippen MR) is 66.0 cm³/mol. The third-order valence-electron chi connectivity index (χ3n) is 2.76. The Labute approximate surface area is 94.8 Å². The van der Waals surface area contributed by atoms with Gasteiger partial charge in [-0.15, -0.1) is 0 Å². The fraction of sp³-hybridized carbons (Fsp3) is 1.00. The Balaban J connectivity index is 2.12. The van der Waals surface area contributed by atoms with Crippen LogP contribution in [0.5, 0.6) is 0 Å². The topological polar surface area (TPSA) is 3.24 Å². The molecule has 0 aliphatic heterocycles. The summed E-state index contributed by atoms with van der Waals surface area (Å²) in [6.07, 6.45) is 7.87. The molecule has 0 bridgehead atoms. The van der Waals surface area contributed by atoms with Crippen molar-refractivity contribution in [2.24, 2.45) is 0 Å². The van der Waals surface area contributed by atoms with Crippen LogP contribution >= 0.6 is 27.7 Å². The molecule has 0 aromatic rings. The lowest BCUT2D eigenvalue weighted by atomic mass is 9.91. The highest BCUT2D eigenvalue weighted by Gasteiger charge is 2.23. The molecule has 0 atom stereocenters. The van der Waals surface area contributed by atoms with Gasteiger partial charge in [0, 0.05) is 17.9 Å². The van der Waals surface area contributed by atoms with E-state index < -0.39 is 0 Å². The van der Waals surface area contributed by atoms with Crippen LogP contribution in [0.25, 0.3) is 0 Å². The second-order valence-corrected chi connectivity index (χ2v) is 5.43. The van der Waals surface area contributed by atoms with Gasteiger partial charge in [-0.25, -0.2) is 0 Å². The standard InChI is InChI=1S/C10H20BrNS/c1-13-9-3-7-12(8-6-11)10-4-2-5-10/h10H,2-9H2,1H3. The number of rotatable bonds is 7. The minimum Gasteiger partial charge on any atom is -0.300 e. The van der Waals surface area contributed by atoms with Gasteiger partial charge in [-0.2, -0.15) is 11.8 Å². The quantitative estimate of drug-likeness (QED) is 0.515. The third-order valence-corrected chi connectivity index (χ3v) is 3.81. The van der Waals surface area contributed by atoms with Crippen LogP contribution in [0.4, 0.5) is 0 Å². The number of alkyl halides is 1. The van der Waals surface area contributed by atoms with Crippen molar-refractivity contribution in [1.29, 1.82) is 0 Å². The molecule has 1 aliphatic carbocycles. The van der Waals surface area contributed by atoms with Crippen LogP contribution in [0, 0.1) is 0 Å². The van der Waals surface area contributed by atoms with E-state index in [9.17, 15) is 0 Å². The van der Waals surface area contributed by atoms with E-state index in [0.717, 1.165) is 11.4 Å². The number of nitrogens with zero attached hydrogens (tertiary/aromatic N) is 1.